The molecule has 0 aromatic heterocycles. The second-order valence-electron chi connectivity index (χ2n) is 3.57. The smallest absolute Gasteiger partial charge is 0.308 e. The first-order valence-electron chi connectivity index (χ1n) is 5.23. The van der Waals surface area contributed by atoms with Gasteiger partial charge < -0.3 is 10.6 Å². The van der Waals surface area contributed by atoms with Crippen molar-refractivity contribution >= 4 is 33.3 Å². The molecule has 2 aromatic rings. The molecule has 0 fully saturated rings. The van der Waals surface area contributed by atoms with Crippen molar-refractivity contribution in [2.24, 2.45) is 0 Å². The standard InChI is InChI=1S/C13H10BrFN2O/c14-11-3-1-2-4-12(11)17-13(18)16-10-7-5-9(15)6-8-10/h1-8H,(H2,16,17,18). The molecule has 2 amide bonds. The summed E-state index contributed by atoms with van der Waals surface area (Å²) in [5.74, 6) is -0.341. The number of hydrogen-bond donors (Lipinski definition) is 2. The van der Waals surface area contributed by atoms with E-state index in [2.05, 4.69) is 26.6 Å². The van der Waals surface area contributed by atoms with Gasteiger partial charge in [-0.05, 0) is 52.3 Å². The third kappa shape index (κ3) is 3.30. The highest BCUT2D eigenvalue weighted by Gasteiger charge is 2.04. The molecular weight excluding hydrogens is 299 g/mol. The van der Waals surface area contributed by atoms with Gasteiger partial charge in [0.25, 0.3) is 0 Å². The molecule has 0 saturated carbocycles. The Morgan fingerprint density at radius 2 is 1.67 bits per heavy atom. The van der Waals surface area contributed by atoms with Crippen LogP contribution < -0.4 is 10.6 Å². The minimum atomic E-state index is -0.381. The number of anilines is 2. The summed E-state index contributed by atoms with van der Waals surface area (Å²) in [6.45, 7) is 0. The molecule has 0 unspecified atom stereocenters. The van der Waals surface area contributed by atoms with Crippen LogP contribution in [0.1, 0.15) is 0 Å². The van der Waals surface area contributed by atoms with Gasteiger partial charge in [0, 0.05) is 10.2 Å². The topological polar surface area (TPSA) is 41.1 Å². The van der Waals surface area contributed by atoms with Crippen LogP contribution in [0.15, 0.2) is 53.0 Å². The quantitative estimate of drug-likeness (QED) is 0.856. The summed E-state index contributed by atoms with van der Waals surface area (Å²) in [7, 11) is 0. The Balaban J connectivity index is 2.01. The van der Waals surface area contributed by atoms with Crippen LogP contribution in [-0.2, 0) is 0 Å². The third-order valence-corrected chi connectivity index (χ3v) is 2.92. The first-order chi connectivity index (χ1) is 8.65. The monoisotopic (exact) mass is 308 g/mol. The number of urea groups is 1. The molecule has 0 radical (unpaired) electrons. The molecule has 3 nitrogen and oxygen atoms in total. The van der Waals surface area contributed by atoms with Crippen molar-refractivity contribution in [1.82, 2.24) is 0 Å². The first kappa shape index (κ1) is 12.6. The number of para-hydroxylation sites is 1. The molecule has 2 aromatic carbocycles. The Morgan fingerprint density at radius 1 is 1.00 bits per heavy atom. The van der Waals surface area contributed by atoms with Crippen LogP contribution in [-0.4, -0.2) is 6.03 Å². The van der Waals surface area contributed by atoms with Gasteiger partial charge >= 0.3 is 6.03 Å². The number of carbonyl (C=O) groups excluding carboxylic acids is 1. The van der Waals surface area contributed by atoms with Crippen LogP contribution in [0.25, 0.3) is 0 Å². The summed E-state index contributed by atoms with van der Waals surface area (Å²) < 4.78 is 13.5. The van der Waals surface area contributed by atoms with Gasteiger partial charge in [0.1, 0.15) is 5.82 Å². The number of carbonyl (C=O) groups is 1. The number of rotatable bonds is 2. The normalized spacial score (nSPS) is 9.89. The maximum atomic E-state index is 12.7. The molecule has 0 aliphatic heterocycles. The van der Waals surface area contributed by atoms with E-state index in [-0.39, 0.29) is 11.8 Å². The zero-order valence-corrected chi connectivity index (χ0v) is 10.9. The maximum Gasteiger partial charge on any atom is 0.323 e. The average molecular weight is 309 g/mol. The van der Waals surface area contributed by atoms with Crippen LogP contribution in [0.3, 0.4) is 0 Å². The molecule has 0 spiro atoms. The van der Waals surface area contributed by atoms with E-state index in [4.69, 9.17) is 0 Å². The predicted molar refractivity (Wildman–Crippen MR) is 73.2 cm³/mol. The molecule has 2 rings (SSSR count). The molecule has 0 heterocycles. The Hall–Kier alpha value is -1.88. The van der Waals surface area contributed by atoms with Crippen molar-refractivity contribution in [3.8, 4) is 0 Å². The number of hydrogen-bond acceptors (Lipinski definition) is 1. The molecule has 2 N–H and O–H groups in total. The zero-order chi connectivity index (χ0) is 13.0. The van der Waals surface area contributed by atoms with E-state index in [0.29, 0.717) is 11.4 Å². The highest BCUT2D eigenvalue weighted by Crippen LogP contribution is 2.21. The van der Waals surface area contributed by atoms with Crippen LogP contribution in [0, 0.1) is 5.82 Å². The molecule has 0 aliphatic rings. The summed E-state index contributed by atoms with van der Waals surface area (Å²) in [5.41, 5.74) is 1.19. The van der Waals surface area contributed by atoms with Gasteiger partial charge in [0.2, 0.25) is 0 Å². The second kappa shape index (κ2) is 5.64. The zero-order valence-electron chi connectivity index (χ0n) is 9.28. The van der Waals surface area contributed by atoms with Crippen molar-refractivity contribution in [3.63, 3.8) is 0 Å². The van der Waals surface area contributed by atoms with Crippen LogP contribution in [0.4, 0.5) is 20.6 Å². The molecule has 0 atom stereocenters. The highest BCUT2D eigenvalue weighted by atomic mass is 79.9. The lowest BCUT2D eigenvalue weighted by Crippen LogP contribution is -2.19. The second-order valence-corrected chi connectivity index (χ2v) is 4.42. The SMILES string of the molecule is O=C(Nc1ccc(F)cc1)Nc1ccccc1Br. The van der Waals surface area contributed by atoms with Gasteiger partial charge in [0.15, 0.2) is 0 Å². The maximum absolute atomic E-state index is 12.7. The van der Waals surface area contributed by atoms with Crippen molar-refractivity contribution < 1.29 is 9.18 Å². The number of benzene rings is 2. The Kier molecular flexibility index (Phi) is 3.94. The molecule has 0 bridgehead atoms. The Labute approximate surface area is 112 Å². The molecule has 0 aliphatic carbocycles. The van der Waals surface area contributed by atoms with E-state index in [9.17, 15) is 9.18 Å². The van der Waals surface area contributed by atoms with Gasteiger partial charge in [-0.25, -0.2) is 9.18 Å². The lowest BCUT2D eigenvalue weighted by Gasteiger charge is -2.08. The number of amides is 2. The highest BCUT2D eigenvalue weighted by molar-refractivity contribution is 9.10. The van der Waals surface area contributed by atoms with Crippen molar-refractivity contribution in [2.75, 3.05) is 10.6 Å². The Morgan fingerprint density at radius 3 is 2.33 bits per heavy atom. The van der Waals surface area contributed by atoms with Gasteiger partial charge in [-0.15, -0.1) is 0 Å². The minimum Gasteiger partial charge on any atom is -0.308 e. The van der Waals surface area contributed by atoms with Crippen LogP contribution in [0.5, 0.6) is 0 Å². The van der Waals surface area contributed by atoms with E-state index >= 15 is 0 Å². The number of nitrogens with one attached hydrogen (secondary N) is 2. The minimum absolute atomic E-state index is 0.341. The summed E-state index contributed by atoms with van der Waals surface area (Å²) in [6.07, 6.45) is 0. The van der Waals surface area contributed by atoms with Gasteiger partial charge in [-0.3, -0.25) is 0 Å². The van der Waals surface area contributed by atoms with Gasteiger partial charge in [-0.1, -0.05) is 12.1 Å². The van der Waals surface area contributed by atoms with Gasteiger partial charge in [-0.2, -0.15) is 0 Å². The lowest BCUT2D eigenvalue weighted by molar-refractivity contribution is 0.262. The first-order valence-corrected chi connectivity index (χ1v) is 6.02. The fraction of sp³-hybridized carbons (Fsp3) is 0. The van der Waals surface area contributed by atoms with Crippen LogP contribution in [0.2, 0.25) is 0 Å². The fourth-order valence-electron chi connectivity index (χ4n) is 1.38. The van der Waals surface area contributed by atoms with E-state index < -0.39 is 0 Å². The summed E-state index contributed by atoms with van der Waals surface area (Å²) >= 11 is 3.33. The molecule has 5 heteroatoms. The fourth-order valence-corrected chi connectivity index (χ4v) is 1.76. The molecule has 92 valence electrons. The third-order valence-electron chi connectivity index (χ3n) is 2.22. The van der Waals surface area contributed by atoms with Crippen LogP contribution >= 0.6 is 15.9 Å². The van der Waals surface area contributed by atoms with E-state index in [1.165, 1.54) is 24.3 Å². The van der Waals surface area contributed by atoms with Crippen molar-refractivity contribution in [1.29, 1.82) is 0 Å². The molecule has 18 heavy (non-hydrogen) atoms. The Bertz CT molecular complexity index is 557. The average Bonchev–Trinajstić information content (AvgIpc) is 2.35. The van der Waals surface area contributed by atoms with Crippen molar-refractivity contribution in [3.05, 3.63) is 58.8 Å². The lowest BCUT2D eigenvalue weighted by atomic mass is 10.3. The summed E-state index contributed by atoms with van der Waals surface area (Å²) in [4.78, 5) is 11.7. The van der Waals surface area contributed by atoms with E-state index in [0.717, 1.165) is 4.47 Å². The van der Waals surface area contributed by atoms with Crippen molar-refractivity contribution in [2.45, 2.75) is 0 Å². The number of halogens is 2. The predicted octanol–water partition coefficient (Wildman–Crippen LogP) is 4.23. The molecular formula is C13H10BrFN2O. The summed E-state index contributed by atoms with van der Waals surface area (Å²) in [5, 5.41) is 5.29. The van der Waals surface area contributed by atoms with Gasteiger partial charge in [0.05, 0.1) is 5.69 Å². The van der Waals surface area contributed by atoms with E-state index in [1.54, 1.807) is 6.07 Å². The van der Waals surface area contributed by atoms with E-state index in [1.807, 2.05) is 18.2 Å². The largest absolute Gasteiger partial charge is 0.323 e. The molecule has 0 saturated heterocycles. The summed E-state index contributed by atoms with van der Waals surface area (Å²) in [6, 6.07) is 12.5.